The van der Waals surface area contributed by atoms with Crippen molar-refractivity contribution in [2.24, 2.45) is 0 Å². The topological polar surface area (TPSA) is 98.3 Å². The molecule has 2 amide bonds. The summed E-state index contributed by atoms with van der Waals surface area (Å²) in [7, 11) is 1.62. The Labute approximate surface area is 125 Å². The molecule has 2 aromatic rings. The van der Waals surface area contributed by atoms with Crippen molar-refractivity contribution in [3.8, 4) is 0 Å². The van der Waals surface area contributed by atoms with Crippen LogP contribution in [-0.2, 0) is 6.54 Å². The van der Waals surface area contributed by atoms with E-state index in [9.17, 15) is 9.59 Å². The molecule has 2 rings (SSSR count). The quantitative estimate of drug-likeness (QED) is 0.807. The number of aromatic carboxylic acids is 1. The van der Waals surface area contributed by atoms with E-state index < -0.39 is 5.97 Å². The van der Waals surface area contributed by atoms with Crippen molar-refractivity contribution < 1.29 is 14.7 Å². The number of nitrogens with zero attached hydrogens (tertiary/aromatic N) is 2. The highest BCUT2D eigenvalue weighted by molar-refractivity contribution is 6.31. The third-order valence-electron chi connectivity index (χ3n) is 2.72. The van der Waals surface area contributed by atoms with E-state index >= 15 is 0 Å². The van der Waals surface area contributed by atoms with Crippen LogP contribution in [0.1, 0.15) is 15.9 Å². The molecular formula is C13H13ClN4O3. The summed E-state index contributed by atoms with van der Waals surface area (Å²) in [6.07, 6.45) is 3.30. The van der Waals surface area contributed by atoms with Gasteiger partial charge in [0, 0.05) is 29.5 Å². The highest BCUT2D eigenvalue weighted by Crippen LogP contribution is 2.19. The smallest absolute Gasteiger partial charge is 0.335 e. The Bertz CT molecular complexity index is 657. The highest BCUT2D eigenvalue weighted by Gasteiger charge is 2.12. The fourth-order valence-corrected chi connectivity index (χ4v) is 1.95. The molecule has 21 heavy (non-hydrogen) atoms. The summed E-state index contributed by atoms with van der Waals surface area (Å²) in [5.41, 5.74) is 1.18. The molecule has 0 saturated carbocycles. The first-order chi connectivity index (χ1) is 9.95. The molecule has 1 aromatic heterocycles. The number of hydrogen-bond donors (Lipinski definition) is 3. The third-order valence-corrected chi connectivity index (χ3v) is 2.94. The number of halogens is 1. The van der Waals surface area contributed by atoms with E-state index in [2.05, 4.69) is 15.5 Å². The number of carboxylic acids is 1. The first kappa shape index (κ1) is 14.9. The third kappa shape index (κ3) is 3.96. The van der Waals surface area contributed by atoms with Gasteiger partial charge in [0.05, 0.1) is 18.3 Å². The van der Waals surface area contributed by atoms with Crippen LogP contribution in [0, 0.1) is 0 Å². The van der Waals surface area contributed by atoms with Crippen LogP contribution >= 0.6 is 11.6 Å². The van der Waals surface area contributed by atoms with Crippen LogP contribution in [0.25, 0.3) is 0 Å². The van der Waals surface area contributed by atoms with E-state index in [4.69, 9.17) is 16.7 Å². The molecule has 0 fully saturated rings. The Kier molecular flexibility index (Phi) is 4.44. The molecule has 3 N–H and O–H groups in total. The molecule has 8 heteroatoms. The van der Waals surface area contributed by atoms with Gasteiger partial charge in [0.1, 0.15) is 0 Å². The van der Waals surface area contributed by atoms with E-state index in [1.165, 1.54) is 23.1 Å². The fourth-order valence-electron chi connectivity index (χ4n) is 1.71. The van der Waals surface area contributed by atoms with Gasteiger partial charge in [-0.05, 0) is 18.2 Å². The molecule has 0 atom stereocenters. The molecular weight excluding hydrogens is 296 g/mol. The predicted molar refractivity (Wildman–Crippen MR) is 77.5 cm³/mol. The average Bonchev–Trinajstić information content (AvgIpc) is 2.90. The van der Waals surface area contributed by atoms with E-state index in [1.54, 1.807) is 19.4 Å². The molecule has 0 aliphatic rings. The van der Waals surface area contributed by atoms with Gasteiger partial charge in [0.25, 0.3) is 0 Å². The molecule has 0 aliphatic carbocycles. The largest absolute Gasteiger partial charge is 0.478 e. The SMILES string of the molecule is CN(Cc1cn[nH]c1)C(=O)Nc1cc(Cl)cc(C(=O)O)c1. The van der Waals surface area contributed by atoms with Gasteiger partial charge in [0.15, 0.2) is 0 Å². The number of aromatic nitrogens is 2. The van der Waals surface area contributed by atoms with E-state index in [1.807, 2.05) is 0 Å². The lowest BCUT2D eigenvalue weighted by atomic mass is 10.2. The minimum absolute atomic E-state index is 0.00953. The van der Waals surface area contributed by atoms with Crippen LogP contribution in [0.15, 0.2) is 30.6 Å². The first-order valence-corrected chi connectivity index (χ1v) is 6.37. The van der Waals surface area contributed by atoms with Crippen LogP contribution in [0.2, 0.25) is 5.02 Å². The van der Waals surface area contributed by atoms with Crippen molar-refractivity contribution in [2.45, 2.75) is 6.54 Å². The van der Waals surface area contributed by atoms with Crippen molar-refractivity contribution in [2.75, 3.05) is 12.4 Å². The molecule has 0 aliphatic heterocycles. The summed E-state index contributed by atoms with van der Waals surface area (Å²) in [5.74, 6) is -1.11. The summed E-state index contributed by atoms with van der Waals surface area (Å²) < 4.78 is 0. The number of amides is 2. The number of carbonyl (C=O) groups is 2. The van der Waals surface area contributed by atoms with Gasteiger partial charge in [0.2, 0.25) is 0 Å². The number of nitrogens with one attached hydrogen (secondary N) is 2. The Morgan fingerprint density at radius 2 is 2.19 bits per heavy atom. The van der Waals surface area contributed by atoms with Gasteiger partial charge in [-0.1, -0.05) is 11.6 Å². The van der Waals surface area contributed by atoms with Crippen molar-refractivity contribution in [1.29, 1.82) is 0 Å². The summed E-state index contributed by atoms with van der Waals surface area (Å²) in [6, 6.07) is 3.76. The predicted octanol–water partition coefficient (Wildman–Crippen LogP) is 2.43. The number of urea groups is 1. The Balaban J connectivity index is 2.06. The summed E-state index contributed by atoms with van der Waals surface area (Å²) in [4.78, 5) is 24.4. The van der Waals surface area contributed by atoms with Crippen molar-refractivity contribution in [3.63, 3.8) is 0 Å². The number of carbonyl (C=O) groups excluding carboxylic acids is 1. The van der Waals surface area contributed by atoms with E-state index in [-0.39, 0.29) is 16.6 Å². The number of rotatable bonds is 4. The number of benzene rings is 1. The maximum Gasteiger partial charge on any atom is 0.335 e. The lowest BCUT2D eigenvalue weighted by Gasteiger charge is -2.17. The number of aromatic amines is 1. The number of hydrogen-bond acceptors (Lipinski definition) is 3. The fraction of sp³-hybridized carbons (Fsp3) is 0.154. The molecule has 0 unspecified atom stereocenters. The Morgan fingerprint density at radius 3 is 2.81 bits per heavy atom. The number of carboxylic acid groups (broad SMARTS) is 1. The second-order valence-corrected chi connectivity index (χ2v) is 4.86. The highest BCUT2D eigenvalue weighted by atomic mass is 35.5. The van der Waals surface area contributed by atoms with Crippen molar-refractivity contribution in [3.05, 3.63) is 46.7 Å². The molecule has 1 aromatic carbocycles. The van der Waals surface area contributed by atoms with Gasteiger partial charge >= 0.3 is 12.0 Å². The number of anilines is 1. The van der Waals surface area contributed by atoms with E-state index in [0.29, 0.717) is 12.2 Å². The van der Waals surface area contributed by atoms with Crippen molar-refractivity contribution >= 4 is 29.3 Å². The van der Waals surface area contributed by atoms with Gasteiger partial charge in [-0.15, -0.1) is 0 Å². The molecule has 0 radical (unpaired) electrons. The van der Waals surface area contributed by atoms with Crippen LogP contribution in [0.4, 0.5) is 10.5 Å². The Morgan fingerprint density at radius 1 is 1.43 bits per heavy atom. The minimum atomic E-state index is -1.11. The average molecular weight is 309 g/mol. The zero-order chi connectivity index (χ0) is 15.4. The lowest BCUT2D eigenvalue weighted by Crippen LogP contribution is -2.30. The molecule has 7 nitrogen and oxygen atoms in total. The first-order valence-electron chi connectivity index (χ1n) is 5.99. The van der Waals surface area contributed by atoms with Crippen LogP contribution in [-0.4, -0.2) is 39.3 Å². The summed E-state index contributed by atoms with van der Waals surface area (Å²) in [5, 5.41) is 18.2. The molecule has 1 heterocycles. The van der Waals surface area contributed by atoms with Gasteiger partial charge in [-0.3, -0.25) is 5.10 Å². The Hall–Kier alpha value is -2.54. The van der Waals surface area contributed by atoms with Crippen LogP contribution in [0.5, 0.6) is 0 Å². The second kappa shape index (κ2) is 6.27. The summed E-state index contributed by atoms with van der Waals surface area (Å²) >= 11 is 5.83. The zero-order valence-corrected chi connectivity index (χ0v) is 11.9. The van der Waals surface area contributed by atoms with Crippen LogP contribution < -0.4 is 5.32 Å². The lowest BCUT2D eigenvalue weighted by molar-refractivity contribution is 0.0697. The van der Waals surface area contributed by atoms with Crippen molar-refractivity contribution in [1.82, 2.24) is 15.1 Å². The van der Waals surface area contributed by atoms with Gasteiger partial charge in [-0.25, -0.2) is 9.59 Å². The maximum atomic E-state index is 12.0. The van der Waals surface area contributed by atoms with Gasteiger partial charge < -0.3 is 15.3 Å². The minimum Gasteiger partial charge on any atom is -0.478 e. The summed E-state index contributed by atoms with van der Waals surface area (Å²) in [6.45, 7) is 0.370. The number of H-pyrrole nitrogens is 1. The monoisotopic (exact) mass is 308 g/mol. The normalized spacial score (nSPS) is 10.2. The zero-order valence-electron chi connectivity index (χ0n) is 11.1. The molecule has 0 saturated heterocycles. The standard InChI is InChI=1S/C13H13ClN4O3/c1-18(7-8-5-15-16-6-8)13(21)17-11-3-9(12(19)20)2-10(14)4-11/h2-6H,7H2,1H3,(H,15,16)(H,17,21)(H,19,20). The molecule has 0 bridgehead atoms. The van der Waals surface area contributed by atoms with Gasteiger partial charge in [-0.2, -0.15) is 5.10 Å². The second-order valence-electron chi connectivity index (χ2n) is 4.43. The van der Waals surface area contributed by atoms with Crippen LogP contribution in [0.3, 0.4) is 0 Å². The molecule has 110 valence electrons. The maximum absolute atomic E-state index is 12.0. The van der Waals surface area contributed by atoms with E-state index in [0.717, 1.165) is 5.56 Å². The molecule has 0 spiro atoms.